The standard InChI is InChI=1S/C13H17N3OS/c1-3-8-14-12(17)9(2)18-13-15-10-6-4-5-7-11(10)16-13/h4-7,9H,3,8H2,1-2H3,(H,14,17)(H,15,16). The van der Waals surface area contributed by atoms with Gasteiger partial charge in [0.15, 0.2) is 5.16 Å². The topological polar surface area (TPSA) is 57.8 Å². The molecule has 18 heavy (non-hydrogen) atoms. The fraction of sp³-hybridized carbons (Fsp3) is 0.385. The van der Waals surface area contributed by atoms with Crippen LogP contribution in [0.15, 0.2) is 29.4 Å². The van der Waals surface area contributed by atoms with E-state index in [2.05, 4.69) is 15.3 Å². The van der Waals surface area contributed by atoms with Gasteiger partial charge in [0, 0.05) is 6.54 Å². The van der Waals surface area contributed by atoms with Crippen molar-refractivity contribution >= 4 is 28.7 Å². The van der Waals surface area contributed by atoms with Crippen molar-refractivity contribution in [1.29, 1.82) is 0 Å². The lowest BCUT2D eigenvalue weighted by atomic mass is 10.3. The van der Waals surface area contributed by atoms with Crippen molar-refractivity contribution in [3.8, 4) is 0 Å². The predicted molar refractivity (Wildman–Crippen MR) is 74.7 cm³/mol. The first kappa shape index (κ1) is 13.0. The molecule has 1 unspecified atom stereocenters. The zero-order valence-electron chi connectivity index (χ0n) is 10.6. The third-order valence-corrected chi connectivity index (χ3v) is 3.56. The van der Waals surface area contributed by atoms with Crippen LogP contribution in [0.3, 0.4) is 0 Å². The Labute approximate surface area is 111 Å². The fourth-order valence-electron chi connectivity index (χ4n) is 1.60. The van der Waals surface area contributed by atoms with E-state index in [9.17, 15) is 4.79 Å². The summed E-state index contributed by atoms with van der Waals surface area (Å²) in [4.78, 5) is 19.4. The van der Waals surface area contributed by atoms with Crippen LogP contribution in [0.1, 0.15) is 20.3 Å². The van der Waals surface area contributed by atoms with Gasteiger partial charge in [-0.15, -0.1) is 0 Å². The average molecular weight is 263 g/mol. The van der Waals surface area contributed by atoms with Crippen LogP contribution in [0.2, 0.25) is 0 Å². The zero-order chi connectivity index (χ0) is 13.0. The van der Waals surface area contributed by atoms with Crippen molar-refractivity contribution in [1.82, 2.24) is 15.3 Å². The molecule has 0 saturated carbocycles. The Balaban J connectivity index is 2.02. The van der Waals surface area contributed by atoms with Crippen LogP contribution < -0.4 is 5.32 Å². The van der Waals surface area contributed by atoms with Gasteiger partial charge in [0.1, 0.15) is 0 Å². The number of aromatic amines is 1. The molecular formula is C13H17N3OS. The molecule has 1 aromatic heterocycles. The second kappa shape index (κ2) is 5.91. The number of H-pyrrole nitrogens is 1. The number of rotatable bonds is 5. The molecule has 4 nitrogen and oxygen atoms in total. The number of nitrogens with zero attached hydrogens (tertiary/aromatic N) is 1. The first-order valence-electron chi connectivity index (χ1n) is 6.10. The molecule has 0 bridgehead atoms. The van der Waals surface area contributed by atoms with Crippen LogP contribution in [0.5, 0.6) is 0 Å². The van der Waals surface area contributed by atoms with Crippen molar-refractivity contribution in [2.24, 2.45) is 0 Å². The zero-order valence-corrected chi connectivity index (χ0v) is 11.4. The van der Waals surface area contributed by atoms with E-state index in [4.69, 9.17) is 0 Å². The first-order valence-corrected chi connectivity index (χ1v) is 6.97. The lowest BCUT2D eigenvalue weighted by molar-refractivity contribution is -0.120. The molecule has 2 aromatic rings. The third kappa shape index (κ3) is 3.04. The molecule has 1 heterocycles. The number of thioether (sulfide) groups is 1. The highest BCUT2D eigenvalue weighted by atomic mass is 32.2. The minimum atomic E-state index is -0.142. The molecule has 0 aliphatic rings. The summed E-state index contributed by atoms with van der Waals surface area (Å²) in [5, 5.41) is 3.53. The molecule has 2 N–H and O–H groups in total. The number of imidazole rings is 1. The van der Waals surface area contributed by atoms with Crippen LogP contribution in [-0.4, -0.2) is 27.7 Å². The summed E-state index contributed by atoms with van der Waals surface area (Å²) in [5.74, 6) is 0.0577. The maximum Gasteiger partial charge on any atom is 0.233 e. The van der Waals surface area contributed by atoms with Gasteiger partial charge in [0.25, 0.3) is 0 Å². The number of para-hydroxylation sites is 2. The average Bonchev–Trinajstić information content (AvgIpc) is 2.77. The number of nitrogens with one attached hydrogen (secondary N) is 2. The Kier molecular flexibility index (Phi) is 4.25. The molecule has 0 saturated heterocycles. The minimum absolute atomic E-state index is 0.0577. The van der Waals surface area contributed by atoms with E-state index in [1.165, 1.54) is 11.8 Å². The molecule has 1 atom stereocenters. The summed E-state index contributed by atoms with van der Waals surface area (Å²) in [6.07, 6.45) is 0.952. The highest BCUT2D eigenvalue weighted by molar-refractivity contribution is 8.00. The highest BCUT2D eigenvalue weighted by Crippen LogP contribution is 2.23. The molecule has 0 spiro atoms. The molecule has 1 amide bonds. The van der Waals surface area contributed by atoms with E-state index >= 15 is 0 Å². The second-order valence-corrected chi connectivity index (χ2v) is 5.44. The number of aromatic nitrogens is 2. The van der Waals surface area contributed by atoms with E-state index in [0.29, 0.717) is 0 Å². The molecule has 0 aliphatic carbocycles. The Bertz CT molecular complexity index is 505. The van der Waals surface area contributed by atoms with Crippen molar-refractivity contribution < 1.29 is 4.79 Å². The quantitative estimate of drug-likeness (QED) is 0.815. The summed E-state index contributed by atoms with van der Waals surface area (Å²) in [7, 11) is 0. The molecule has 2 rings (SSSR count). The van der Waals surface area contributed by atoms with Gasteiger partial charge in [-0.05, 0) is 25.5 Å². The smallest absolute Gasteiger partial charge is 0.233 e. The van der Waals surface area contributed by atoms with E-state index < -0.39 is 0 Å². The molecule has 5 heteroatoms. The number of carbonyl (C=O) groups excluding carboxylic acids is 1. The lowest BCUT2D eigenvalue weighted by Gasteiger charge is -2.09. The Morgan fingerprint density at radius 2 is 2.28 bits per heavy atom. The highest BCUT2D eigenvalue weighted by Gasteiger charge is 2.15. The van der Waals surface area contributed by atoms with Gasteiger partial charge >= 0.3 is 0 Å². The van der Waals surface area contributed by atoms with Crippen LogP contribution in [0.25, 0.3) is 11.0 Å². The monoisotopic (exact) mass is 263 g/mol. The molecule has 1 aromatic carbocycles. The van der Waals surface area contributed by atoms with Gasteiger partial charge in [0.05, 0.1) is 16.3 Å². The summed E-state index contributed by atoms with van der Waals surface area (Å²) >= 11 is 1.45. The molecule has 96 valence electrons. The number of hydrogen-bond donors (Lipinski definition) is 2. The van der Waals surface area contributed by atoms with Gasteiger partial charge in [-0.2, -0.15) is 0 Å². The van der Waals surface area contributed by atoms with Crippen LogP contribution in [0, 0.1) is 0 Å². The van der Waals surface area contributed by atoms with E-state index in [1.54, 1.807) is 0 Å². The van der Waals surface area contributed by atoms with Gasteiger partial charge < -0.3 is 10.3 Å². The lowest BCUT2D eigenvalue weighted by Crippen LogP contribution is -2.31. The van der Waals surface area contributed by atoms with Crippen molar-refractivity contribution in [2.45, 2.75) is 30.7 Å². The summed E-state index contributed by atoms with van der Waals surface area (Å²) in [6, 6.07) is 7.85. The van der Waals surface area contributed by atoms with Crippen LogP contribution in [0.4, 0.5) is 0 Å². The largest absolute Gasteiger partial charge is 0.355 e. The van der Waals surface area contributed by atoms with E-state index in [-0.39, 0.29) is 11.2 Å². The van der Waals surface area contributed by atoms with Crippen molar-refractivity contribution in [2.75, 3.05) is 6.54 Å². The predicted octanol–water partition coefficient (Wildman–Crippen LogP) is 2.57. The molecule has 0 fully saturated rings. The third-order valence-electron chi connectivity index (χ3n) is 2.57. The molecule has 0 aliphatic heterocycles. The number of carbonyl (C=O) groups is 1. The maximum atomic E-state index is 11.7. The van der Waals surface area contributed by atoms with Gasteiger partial charge in [-0.1, -0.05) is 30.8 Å². The van der Waals surface area contributed by atoms with Crippen LogP contribution >= 0.6 is 11.8 Å². The van der Waals surface area contributed by atoms with Crippen molar-refractivity contribution in [3.05, 3.63) is 24.3 Å². The SMILES string of the molecule is CCCNC(=O)C(C)Sc1nc2ccccc2[nH]1. The number of hydrogen-bond acceptors (Lipinski definition) is 3. The van der Waals surface area contributed by atoms with Gasteiger partial charge in [-0.25, -0.2) is 4.98 Å². The normalized spacial score (nSPS) is 12.6. The van der Waals surface area contributed by atoms with E-state index in [1.807, 2.05) is 38.1 Å². The second-order valence-electron chi connectivity index (χ2n) is 4.11. The minimum Gasteiger partial charge on any atom is -0.355 e. The number of fused-ring (bicyclic) bond motifs is 1. The Morgan fingerprint density at radius 1 is 1.50 bits per heavy atom. The fourth-order valence-corrected chi connectivity index (χ4v) is 2.44. The van der Waals surface area contributed by atoms with Crippen molar-refractivity contribution in [3.63, 3.8) is 0 Å². The maximum absolute atomic E-state index is 11.7. The first-order chi connectivity index (χ1) is 8.70. The Hall–Kier alpha value is -1.49. The molecule has 0 radical (unpaired) electrons. The Morgan fingerprint density at radius 3 is 3.00 bits per heavy atom. The summed E-state index contributed by atoms with van der Waals surface area (Å²) in [5.41, 5.74) is 1.93. The molecular weight excluding hydrogens is 246 g/mol. The number of amides is 1. The van der Waals surface area contributed by atoms with E-state index in [0.717, 1.165) is 29.2 Å². The van der Waals surface area contributed by atoms with Gasteiger partial charge in [-0.3, -0.25) is 4.79 Å². The van der Waals surface area contributed by atoms with Gasteiger partial charge in [0.2, 0.25) is 5.91 Å². The summed E-state index contributed by atoms with van der Waals surface area (Å²) < 4.78 is 0. The summed E-state index contributed by atoms with van der Waals surface area (Å²) in [6.45, 7) is 4.66. The number of benzene rings is 1. The van der Waals surface area contributed by atoms with Crippen LogP contribution in [-0.2, 0) is 4.79 Å².